The van der Waals surface area contributed by atoms with Crippen molar-refractivity contribution >= 4 is 0 Å². The Morgan fingerprint density at radius 2 is 1.75 bits per heavy atom. The Bertz CT molecular complexity index is 243. The SMILES string of the molecule is Cc1ncc(C(O)C(C)C)cn1. The van der Waals surface area contributed by atoms with Crippen molar-refractivity contribution in [3.8, 4) is 0 Å². The lowest BCUT2D eigenvalue weighted by Crippen LogP contribution is -2.06. The van der Waals surface area contributed by atoms with Crippen LogP contribution in [0.4, 0.5) is 0 Å². The van der Waals surface area contributed by atoms with Crippen LogP contribution in [0.3, 0.4) is 0 Å². The first kappa shape index (κ1) is 9.13. The summed E-state index contributed by atoms with van der Waals surface area (Å²) in [7, 11) is 0. The largest absolute Gasteiger partial charge is 0.388 e. The van der Waals surface area contributed by atoms with E-state index >= 15 is 0 Å². The second kappa shape index (κ2) is 3.63. The highest BCUT2D eigenvalue weighted by atomic mass is 16.3. The summed E-state index contributed by atoms with van der Waals surface area (Å²) in [5.41, 5.74) is 0.788. The van der Waals surface area contributed by atoms with Gasteiger partial charge in [0.05, 0.1) is 6.10 Å². The minimum absolute atomic E-state index is 0.205. The number of aliphatic hydroxyl groups excluding tert-OH is 1. The predicted molar refractivity (Wildman–Crippen MR) is 46.6 cm³/mol. The fourth-order valence-corrected chi connectivity index (χ4v) is 0.940. The number of hydrogen-bond acceptors (Lipinski definition) is 3. The predicted octanol–water partition coefficient (Wildman–Crippen LogP) is 1.47. The molecule has 3 heteroatoms. The summed E-state index contributed by atoms with van der Waals surface area (Å²) in [6, 6.07) is 0. The topological polar surface area (TPSA) is 46.0 Å². The van der Waals surface area contributed by atoms with Gasteiger partial charge in [0.1, 0.15) is 5.82 Å². The summed E-state index contributed by atoms with van der Waals surface area (Å²) >= 11 is 0. The second-order valence-electron chi connectivity index (χ2n) is 3.25. The van der Waals surface area contributed by atoms with Crippen molar-refractivity contribution in [3.05, 3.63) is 23.8 Å². The van der Waals surface area contributed by atoms with Gasteiger partial charge in [0.25, 0.3) is 0 Å². The third kappa shape index (κ3) is 2.01. The maximum absolute atomic E-state index is 9.61. The Morgan fingerprint density at radius 3 is 2.17 bits per heavy atom. The zero-order valence-electron chi connectivity index (χ0n) is 7.65. The Balaban J connectivity index is 2.82. The number of aryl methyl sites for hydroxylation is 1. The summed E-state index contributed by atoms with van der Waals surface area (Å²) in [6.45, 7) is 5.75. The van der Waals surface area contributed by atoms with Crippen molar-refractivity contribution in [2.24, 2.45) is 5.92 Å². The van der Waals surface area contributed by atoms with Gasteiger partial charge in [-0.15, -0.1) is 0 Å². The number of nitrogens with zero attached hydrogens (tertiary/aromatic N) is 2. The lowest BCUT2D eigenvalue weighted by Gasteiger charge is -2.13. The molecule has 0 fully saturated rings. The standard InChI is InChI=1S/C9H14N2O/c1-6(2)9(12)8-4-10-7(3)11-5-8/h4-6,9,12H,1-3H3. The Hall–Kier alpha value is -0.960. The van der Waals surface area contributed by atoms with Crippen LogP contribution in [-0.2, 0) is 0 Å². The molecule has 1 N–H and O–H groups in total. The van der Waals surface area contributed by atoms with Crippen LogP contribution in [0.5, 0.6) is 0 Å². The van der Waals surface area contributed by atoms with Crippen LogP contribution in [0.2, 0.25) is 0 Å². The van der Waals surface area contributed by atoms with Gasteiger partial charge in [0, 0.05) is 18.0 Å². The molecule has 1 unspecified atom stereocenters. The zero-order chi connectivity index (χ0) is 9.14. The van der Waals surface area contributed by atoms with E-state index in [4.69, 9.17) is 0 Å². The van der Waals surface area contributed by atoms with Gasteiger partial charge >= 0.3 is 0 Å². The Labute approximate surface area is 72.5 Å². The molecule has 3 nitrogen and oxygen atoms in total. The van der Waals surface area contributed by atoms with E-state index in [9.17, 15) is 5.11 Å². The van der Waals surface area contributed by atoms with E-state index in [1.165, 1.54) is 0 Å². The molecule has 0 spiro atoms. The van der Waals surface area contributed by atoms with Crippen molar-refractivity contribution in [1.29, 1.82) is 0 Å². The van der Waals surface area contributed by atoms with Gasteiger partial charge in [0.15, 0.2) is 0 Å². The highest BCUT2D eigenvalue weighted by Crippen LogP contribution is 2.19. The minimum Gasteiger partial charge on any atom is -0.388 e. The number of aromatic nitrogens is 2. The summed E-state index contributed by atoms with van der Waals surface area (Å²) in [5, 5.41) is 9.61. The van der Waals surface area contributed by atoms with E-state index in [-0.39, 0.29) is 5.92 Å². The van der Waals surface area contributed by atoms with E-state index < -0.39 is 6.10 Å². The fraction of sp³-hybridized carbons (Fsp3) is 0.556. The van der Waals surface area contributed by atoms with Gasteiger partial charge in [-0.3, -0.25) is 0 Å². The van der Waals surface area contributed by atoms with Crippen molar-refractivity contribution in [2.45, 2.75) is 26.9 Å². The summed E-state index contributed by atoms with van der Waals surface area (Å²) < 4.78 is 0. The third-order valence-corrected chi connectivity index (χ3v) is 1.77. The average Bonchev–Trinajstić information content (AvgIpc) is 2.04. The first-order valence-corrected chi connectivity index (χ1v) is 4.08. The maximum Gasteiger partial charge on any atom is 0.125 e. The van der Waals surface area contributed by atoms with Crippen molar-refractivity contribution < 1.29 is 5.11 Å². The summed E-state index contributed by atoms with van der Waals surface area (Å²) in [6.07, 6.45) is 2.89. The highest BCUT2D eigenvalue weighted by molar-refractivity contribution is 5.08. The monoisotopic (exact) mass is 166 g/mol. The van der Waals surface area contributed by atoms with Crippen LogP contribution in [0.25, 0.3) is 0 Å². The number of hydrogen-bond donors (Lipinski definition) is 1. The van der Waals surface area contributed by atoms with Crippen molar-refractivity contribution in [3.63, 3.8) is 0 Å². The molecule has 66 valence electrons. The van der Waals surface area contributed by atoms with Gasteiger partial charge < -0.3 is 5.11 Å². The van der Waals surface area contributed by atoms with Crippen LogP contribution < -0.4 is 0 Å². The Kier molecular flexibility index (Phi) is 2.76. The van der Waals surface area contributed by atoms with Gasteiger partial charge in [0.2, 0.25) is 0 Å². The molecule has 0 bridgehead atoms. The van der Waals surface area contributed by atoms with E-state index in [2.05, 4.69) is 9.97 Å². The quantitative estimate of drug-likeness (QED) is 0.723. The first-order chi connectivity index (χ1) is 5.61. The molecule has 0 aliphatic rings. The van der Waals surface area contributed by atoms with Crippen LogP contribution in [0.1, 0.15) is 31.3 Å². The van der Waals surface area contributed by atoms with Crippen LogP contribution in [0.15, 0.2) is 12.4 Å². The molecular weight excluding hydrogens is 152 g/mol. The molecule has 1 heterocycles. The van der Waals surface area contributed by atoms with Gasteiger partial charge in [-0.05, 0) is 12.8 Å². The lowest BCUT2D eigenvalue weighted by atomic mass is 10.0. The summed E-state index contributed by atoms with van der Waals surface area (Å²) in [5.74, 6) is 0.936. The lowest BCUT2D eigenvalue weighted by molar-refractivity contribution is 0.126. The molecule has 0 saturated heterocycles. The zero-order valence-corrected chi connectivity index (χ0v) is 7.65. The Morgan fingerprint density at radius 1 is 1.25 bits per heavy atom. The average molecular weight is 166 g/mol. The van der Waals surface area contributed by atoms with E-state index in [1.807, 2.05) is 20.8 Å². The first-order valence-electron chi connectivity index (χ1n) is 4.08. The van der Waals surface area contributed by atoms with E-state index in [0.29, 0.717) is 0 Å². The van der Waals surface area contributed by atoms with Crippen LogP contribution >= 0.6 is 0 Å². The molecule has 1 aromatic rings. The molecule has 12 heavy (non-hydrogen) atoms. The second-order valence-corrected chi connectivity index (χ2v) is 3.25. The molecule has 0 aliphatic carbocycles. The molecule has 1 aromatic heterocycles. The molecular formula is C9H14N2O. The number of aliphatic hydroxyl groups is 1. The normalized spacial score (nSPS) is 13.4. The highest BCUT2D eigenvalue weighted by Gasteiger charge is 2.11. The van der Waals surface area contributed by atoms with E-state index in [0.717, 1.165) is 11.4 Å². The minimum atomic E-state index is -0.453. The fourth-order valence-electron chi connectivity index (χ4n) is 0.940. The van der Waals surface area contributed by atoms with Gasteiger partial charge in [-0.2, -0.15) is 0 Å². The summed E-state index contributed by atoms with van der Waals surface area (Å²) in [4.78, 5) is 8.02. The van der Waals surface area contributed by atoms with Crippen molar-refractivity contribution in [1.82, 2.24) is 9.97 Å². The van der Waals surface area contributed by atoms with Crippen molar-refractivity contribution in [2.75, 3.05) is 0 Å². The van der Waals surface area contributed by atoms with Crippen LogP contribution in [0, 0.1) is 12.8 Å². The third-order valence-electron chi connectivity index (χ3n) is 1.77. The van der Waals surface area contributed by atoms with Crippen LogP contribution in [-0.4, -0.2) is 15.1 Å². The maximum atomic E-state index is 9.61. The molecule has 0 aliphatic heterocycles. The van der Waals surface area contributed by atoms with E-state index in [1.54, 1.807) is 12.4 Å². The molecule has 0 amide bonds. The smallest absolute Gasteiger partial charge is 0.125 e. The molecule has 1 atom stereocenters. The molecule has 0 radical (unpaired) electrons. The van der Waals surface area contributed by atoms with Gasteiger partial charge in [-0.25, -0.2) is 9.97 Å². The molecule has 1 rings (SSSR count). The number of rotatable bonds is 2. The molecule has 0 saturated carbocycles. The molecule has 0 aromatic carbocycles. The van der Waals surface area contributed by atoms with Gasteiger partial charge in [-0.1, -0.05) is 13.8 Å².